The first kappa shape index (κ1) is 38.0. The lowest BCUT2D eigenvalue weighted by atomic mass is 9.45. The summed E-state index contributed by atoms with van der Waals surface area (Å²) >= 11 is 0. The molecule has 0 aliphatic carbocycles. The third kappa shape index (κ3) is 5.55. The van der Waals surface area contributed by atoms with Gasteiger partial charge >= 0.3 is 6.85 Å². The standard InChI is InChI=1S/C62H44BN3O/c1-62(2,3)42-30-33-52(49(36-42)39-18-7-4-8-19-39)65-54-37-45(64(43-22-9-5-10-23-43)44-24-11-6-12-25-44)31-32-51(54)63-60-55(65)38-57-58(47-26-15-16-29-56(47)67-57)59(60)48-28-17-27-46-50-34-40-20-13-14-21-41(40)35-53(50)66(63)61(46)48/h4-38H,1-3H3. The van der Waals surface area contributed by atoms with Gasteiger partial charge in [-0.15, -0.1) is 0 Å². The van der Waals surface area contributed by atoms with Crippen molar-refractivity contribution < 1.29 is 4.42 Å². The number of aromatic nitrogens is 1. The summed E-state index contributed by atoms with van der Waals surface area (Å²) in [6, 6.07) is 78.2. The molecule has 0 bridgehead atoms. The van der Waals surface area contributed by atoms with Crippen molar-refractivity contribution in [1.82, 2.24) is 4.48 Å². The summed E-state index contributed by atoms with van der Waals surface area (Å²) in [5, 5.41) is 7.31. The van der Waals surface area contributed by atoms with Crippen LogP contribution < -0.4 is 20.7 Å². The fourth-order valence-corrected chi connectivity index (χ4v) is 11.4. The van der Waals surface area contributed by atoms with Gasteiger partial charge in [0.15, 0.2) is 0 Å². The van der Waals surface area contributed by atoms with Crippen LogP contribution in [0.25, 0.3) is 76.8 Å². The molecule has 0 N–H and O–H groups in total. The van der Waals surface area contributed by atoms with Gasteiger partial charge in [0.05, 0.1) is 5.69 Å². The van der Waals surface area contributed by atoms with Crippen molar-refractivity contribution in [1.29, 1.82) is 0 Å². The maximum Gasteiger partial charge on any atom is 0.333 e. The van der Waals surface area contributed by atoms with Crippen LogP contribution in [0.4, 0.5) is 34.1 Å². The maximum atomic E-state index is 7.00. The molecule has 0 spiro atoms. The Morgan fingerprint density at radius 3 is 1.90 bits per heavy atom. The van der Waals surface area contributed by atoms with Gasteiger partial charge in [0, 0.05) is 78.2 Å². The van der Waals surface area contributed by atoms with Crippen LogP contribution in [0.15, 0.2) is 217 Å². The fraction of sp³-hybridized carbons (Fsp3) is 0.0645. The SMILES string of the molecule is CC(C)(C)c1ccc(N2c3cc(N(c4ccccc4)c4ccccc4)ccc3B3c4c2cc2oc5ccccc5c2c4-c2cccc4c5cc6ccccc6cc5n3c24)c(-c2ccccc2)c1. The van der Waals surface area contributed by atoms with Gasteiger partial charge in [-0.1, -0.05) is 160 Å². The molecule has 2 aliphatic heterocycles. The number of anilines is 6. The van der Waals surface area contributed by atoms with E-state index in [4.69, 9.17) is 4.42 Å². The van der Waals surface area contributed by atoms with E-state index >= 15 is 0 Å². The number of furan rings is 1. The Morgan fingerprint density at radius 1 is 0.478 bits per heavy atom. The van der Waals surface area contributed by atoms with Crippen LogP contribution >= 0.6 is 0 Å². The summed E-state index contributed by atoms with van der Waals surface area (Å²) in [6.45, 7) is 6.76. The van der Waals surface area contributed by atoms with Crippen LogP contribution in [-0.4, -0.2) is 11.3 Å². The van der Waals surface area contributed by atoms with E-state index in [1.165, 1.54) is 76.7 Å². The molecular weight excluding hydrogens is 814 g/mol. The number of hydrogen-bond donors (Lipinski definition) is 0. The number of benzene rings is 10. The Morgan fingerprint density at radius 2 is 1.15 bits per heavy atom. The number of nitrogens with zero attached hydrogens (tertiary/aromatic N) is 3. The molecule has 67 heavy (non-hydrogen) atoms. The number of para-hydroxylation sites is 4. The minimum atomic E-state index is -0.157. The van der Waals surface area contributed by atoms with Crippen molar-refractivity contribution in [3.05, 3.63) is 218 Å². The molecule has 0 saturated heterocycles. The Hall–Kier alpha value is -8.28. The average Bonchev–Trinajstić information content (AvgIpc) is 3.90. The van der Waals surface area contributed by atoms with Crippen LogP contribution in [0, 0.1) is 0 Å². The van der Waals surface area contributed by atoms with Crippen molar-refractivity contribution in [3.8, 4) is 22.3 Å². The molecule has 2 aromatic heterocycles. The number of hydrogen-bond acceptors (Lipinski definition) is 3. The maximum absolute atomic E-state index is 7.00. The van der Waals surface area contributed by atoms with E-state index in [0.717, 1.165) is 50.7 Å². The van der Waals surface area contributed by atoms with Crippen LogP contribution in [0.1, 0.15) is 26.3 Å². The summed E-state index contributed by atoms with van der Waals surface area (Å²) in [5.74, 6) is 0. The van der Waals surface area contributed by atoms with Gasteiger partial charge in [0.25, 0.3) is 0 Å². The topological polar surface area (TPSA) is 24.6 Å². The van der Waals surface area contributed by atoms with Crippen molar-refractivity contribution in [3.63, 3.8) is 0 Å². The third-order valence-corrected chi connectivity index (χ3v) is 14.4. The molecule has 316 valence electrons. The van der Waals surface area contributed by atoms with Crippen LogP contribution in [0.5, 0.6) is 0 Å². The summed E-state index contributed by atoms with van der Waals surface area (Å²) in [7, 11) is 0. The Balaban J connectivity index is 1.16. The Kier molecular flexibility index (Phi) is 8.01. The van der Waals surface area contributed by atoms with E-state index in [1.54, 1.807) is 0 Å². The van der Waals surface area contributed by atoms with E-state index in [1.807, 2.05) is 0 Å². The zero-order valence-corrected chi connectivity index (χ0v) is 37.5. The highest BCUT2D eigenvalue weighted by Crippen LogP contribution is 2.52. The molecule has 4 nitrogen and oxygen atoms in total. The third-order valence-electron chi connectivity index (χ3n) is 14.4. The number of fused-ring (bicyclic) bond motifs is 12. The Bertz CT molecular complexity index is 3940. The lowest BCUT2D eigenvalue weighted by molar-refractivity contribution is 0.590. The van der Waals surface area contributed by atoms with Gasteiger partial charge in [-0.3, -0.25) is 0 Å². The molecule has 10 aromatic carbocycles. The highest BCUT2D eigenvalue weighted by molar-refractivity contribution is 6.90. The summed E-state index contributed by atoms with van der Waals surface area (Å²) in [4.78, 5) is 4.95. The van der Waals surface area contributed by atoms with Gasteiger partial charge in [-0.05, 0) is 111 Å². The molecule has 0 amide bonds. The molecule has 0 fully saturated rings. The monoisotopic (exact) mass is 857 g/mol. The average molecular weight is 858 g/mol. The highest BCUT2D eigenvalue weighted by Gasteiger charge is 2.45. The van der Waals surface area contributed by atoms with Crippen LogP contribution in [0.2, 0.25) is 0 Å². The van der Waals surface area contributed by atoms with Crippen molar-refractivity contribution in [2.24, 2.45) is 0 Å². The second kappa shape index (κ2) is 14.1. The molecule has 0 saturated carbocycles. The highest BCUT2D eigenvalue weighted by atomic mass is 16.3. The quantitative estimate of drug-likeness (QED) is 0.161. The van der Waals surface area contributed by atoms with Gasteiger partial charge in [0.1, 0.15) is 11.2 Å². The first-order valence-corrected chi connectivity index (χ1v) is 23.4. The molecule has 0 atom stereocenters. The van der Waals surface area contributed by atoms with E-state index in [9.17, 15) is 0 Å². The van der Waals surface area contributed by atoms with Gasteiger partial charge in [-0.2, -0.15) is 0 Å². The van der Waals surface area contributed by atoms with Gasteiger partial charge in [-0.25, -0.2) is 0 Å². The lowest BCUT2D eigenvalue weighted by Gasteiger charge is -2.42. The smallest absolute Gasteiger partial charge is 0.333 e. The van der Waals surface area contributed by atoms with Crippen LogP contribution in [0.3, 0.4) is 0 Å². The zero-order chi connectivity index (χ0) is 44.5. The zero-order valence-electron chi connectivity index (χ0n) is 37.5. The molecule has 12 aromatic rings. The molecule has 5 heteroatoms. The van der Waals surface area contributed by atoms with Crippen molar-refractivity contribution in [2.75, 3.05) is 9.80 Å². The normalized spacial score (nSPS) is 12.9. The van der Waals surface area contributed by atoms with Crippen molar-refractivity contribution in [2.45, 2.75) is 26.2 Å². The van der Waals surface area contributed by atoms with E-state index in [2.05, 4.69) is 247 Å². The largest absolute Gasteiger partial charge is 0.456 e. The van der Waals surface area contributed by atoms with E-state index in [0.29, 0.717) is 0 Å². The van der Waals surface area contributed by atoms with E-state index in [-0.39, 0.29) is 12.3 Å². The molecule has 14 rings (SSSR count). The van der Waals surface area contributed by atoms with Gasteiger partial charge < -0.3 is 18.7 Å². The molecular formula is C62H44BN3O. The molecule has 0 radical (unpaired) electrons. The lowest BCUT2D eigenvalue weighted by Crippen LogP contribution is -2.56. The molecule has 4 heterocycles. The van der Waals surface area contributed by atoms with Crippen molar-refractivity contribution >= 4 is 106 Å². The number of rotatable bonds is 5. The molecule has 2 aliphatic rings. The van der Waals surface area contributed by atoms with Crippen LogP contribution in [-0.2, 0) is 5.41 Å². The fourth-order valence-electron chi connectivity index (χ4n) is 11.4. The minimum Gasteiger partial charge on any atom is -0.456 e. The summed E-state index contributed by atoms with van der Waals surface area (Å²) < 4.78 is 9.68. The first-order valence-electron chi connectivity index (χ1n) is 23.4. The van der Waals surface area contributed by atoms with Gasteiger partial charge in [0.2, 0.25) is 0 Å². The second-order valence-corrected chi connectivity index (χ2v) is 19.3. The minimum absolute atomic E-state index is 0.0624. The first-order chi connectivity index (χ1) is 32.9. The van der Waals surface area contributed by atoms with E-state index < -0.39 is 0 Å². The predicted molar refractivity (Wildman–Crippen MR) is 284 cm³/mol. The Labute approximate surface area is 389 Å². The summed E-state index contributed by atoms with van der Waals surface area (Å²) in [6.07, 6.45) is 0. The second-order valence-electron chi connectivity index (χ2n) is 19.3. The predicted octanol–water partition coefficient (Wildman–Crippen LogP) is 15.7. The molecule has 0 unspecified atom stereocenters. The summed E-state index contributed by atoms with van der Waals surface area (Å²) in [5.41, 5.74) is 19.5.